The number of benzene rings is 2. The Kier molecular flexibility index (Phi) is 22.7. The number of rotatable bonds is 22. The van der Waals surface area contributed by atoms with Gasteiger partial charge in [0.1, 0.15) is 34.3 Å². The van der Waals surface area contributed by atoms with E-state index >= 15 is 0 Å². The smallest absolute Gasteiger partial charge is 0.324 e. The van der Waals surface area contributed by atoms with Gasteiger partial charge in [-0.05, 0) is 197 Å². The number of hydrogen-bond acceptors (Lipinski definition) is 15. The van der Waals surface area contributed by atoms with Crippen LogP contribution in [0.4, 0.5) is 0 Å². The summed E-state index contributed by atoms with van der Waals surface area (Å²) in [5, 5.41) is 9.78. The fraction of sp³-hybridized carbons (Fsp3) is 0.667. The molecular formula is C45H73I2N3O12P2. The summed E-state index contributed by atoms with van der Waals surface area (Å²) in [5.74, 6) is -0.270. The average Bonchev–Trinajstić information content (AvgIpc) is 3.05. The molecule has 0 aromatic heterocycles. The van der Waals surface area contributed by atoms with E-state index in [9.17, 15) is 28.6 Å². The molecule has 0 saturated heterocycles. The summed E-state index contributed by atoms with van der Waals surface area (Å²) >= 11 is 4.38. The van der Waals surface area contributed by atoms with E-state index in [-0.39, 0.29) is 64.0 Å². The Morgan fingerprint density at radius 1 is 0.609 bits per heavy atom. The zero-order valence-corrected chi connectivity index (χ0v) is 46.8. The number of halogens is 2. The number of carbonyl (C=O) groups is 3. The van der Waals surface area contributed by atoms with Gasteiger partial charge in [-0.3, -0.25) is 38.2 Å². The Bertz CT molecular complexity index is 1750. The second-order valence-electron chi connectivity index (χ2n) is 20.5. The van der Waals surface area contributed by atoms with Crippen molar-refractivity contribution in [3.05, 3.63) is 49.1 Å². The minimum atomic E-state index is -2.68. The molecule has 0 saturated carbocycles. The van der Waals surface area contributed by atoms with Gasteiger partial charge in [0, 0.05) is 26.2 Å². The summed E-state index contributed by atoms with van der Waals surface area (Å²) in [4.78, 5) is 46.4. The molecule has 0 spiro atoms. The molecular weight excluding hydrogens is 1090 g/mol. The van der Waals surface area contributed by atoms with Crippen molar-refractivity contribution in [1.82, 2.24) is 14.7 Å². The second kappa shape index (κ2) is 25.0. The molecule has 3 atom stereocenters. The van der Waals surface area contributed by atoms with Crippen LogP contribution in [0.15, 0.2) is 36.4 Å². The van der Waals surface area contributed by atoms with Crippen molar-refractivity contribution in [1.29, 1.82) is 0 Å². The molecule has 19 heteroatoms. The van der Waals surface area contributed by atoms with Crippen molar-refractivity contribution in [2.24, 2.45) is 0 Å². The fourth-order valence-corrected chi connectivity index (χ4v) is 10.9. The molecule has 2 rings (SSSR count). The van der Waals surface area contributed by atoms with Gasteiger partial charge in [-0.2, -0.15) is 0 Å². The van der Waals surface area contributed by atoms with Crippen LogP contribution in [0, 0.1) is 7.14 Å². The highest BCUT2D eigenvalue weighted by Gasteiger charge is 2.33. The van der Waals surface area contributed by atoms with E-state index in [2.05, 4.69) is 45.2 Å². The normalized spacial score (nSPS) is 14.4. The van der Waals surface area contributed by atoms with E-state index in [0.717, 1.165) is 12.7 Å². The summed E-state index contributed by atoms with van der Waals surface area (Å²) in [6.07, 6.45) is 0.0791. The van der Waals surface area contributed by atoms with Gasteiger partial charge >= 0.3 is 17.9 Å². The standard InChI is InChI=1S/C45H73I2N3O12P2/c1-41(2,3)58-37(52)27-48(29-63(55)61-44(10,11)12)20-22-50(23-21-49(28-38(53)59-42(4,5)6)30-64(56)62-45(13,14)15)36(40(54)60-43(7,8)9)26-31-24-34(46)39(35(47)25-31)57-33-18-16-32(51)17-19-33/h16-19,24-25,36,51,63-64H,20-23,26-30H2,1-15H3/t36-/m0/s1. The first-order valence-electron chi connectivity index (χ1n) is 21.3. The number of aromatic hydroxyl groups is 1. The Labute approximate surface area is 410 Å². The zero-order valence-electron chi connectivity index (χ0n) is 40.4. The van der Waals surface area contributed by atoms with Gasteiger partial charge in [0.2, 0.25) is 16.1 Å². The quantitative estimate of drug-likeness (QED) is 0.0511. The van der Waals surface area contributed by atoms with Crippen molar-refractivity contribution in [2.45, 2.75) is 144 Å². The van der Waals surface area contributed by atoms with Crippen LogP contribution in [0.25, 0.3) is 0 Å². The number of hydrogen-bond donors (Lipinski definition) is 1. The van der Waals surface area contributed by atoms with Gasteiger partial charge in [0.15, 0.2) is 5.75 Å². The van der Waals surface area contributed by atoms with Crippen molar-refractivity contribution in [3.63, 3.8) is 0 Å². The molecule has 2 aromatic rings. The van der Waals surface area contributed by atoms with Crippen LogP contribution in [0.2, 0.25) is 0 Å². The first kappa shape index (κ1) is 58.3. The summed E-state index contributed by atoms with van der Waals surface area (Å²) in [5.41, 5.74) is -2.98. The monoisotopic (exact) mass is 1160 g/mol. The molecule has 364 valence electrons. The molecule has 1 N–H and O–H groups in total. The first-order valence-corrected chi connectivity index (χ1v) is 26.5. The van der Waals surface area contributed by atoms with Gasteiger partial charge in [-0.1, -0.05) is 0 Å². The third kappa shape index (κ3) is 25.3. The van der Waals surface area contributed by atoms with Crippen LogP contribution < -0.4 is 4.74 Å². The predicted octanol–water partition coefficient (Wildman–Crippen LogP) is 9.73. The third-order valence-corrected chi connectivity index (χ3v) is 12.9. The highest BCUT2D eigenvalue weighted by atomic mass is 127. The molecule has 0 bridgehead atoms. The lowest BCUT2D eigenvalue weighted by Gasteiger charge is -2.36. The van der Waals surface area contributed by atoms with E-state index in [0.29, 0.717) is 11.5 Å². The Balaban J connectivity index is 2.72. The van der Waals surface area contributed by atoms with Gasteiger partial charge in [0.25, 0.3) is 0 Å². The van der Waals surface area contributed by atoms with Crippen molar-refractivity contribution in [2.75, 3.05) is 51.8 Å². The van der Waals surface area contributed by atoms with Crippen LogP contribution in [-0.2, 0) is 53.2 Å². The molecule has 0 heterocycles. The van der Waals surface area contributed by atoms with E-state index in [1.807, 2.05) is 17.0 Å². The first-order chi connectivity index (χ1) is 29.1. The molecule has 2 unspecified atom stereocenters. The minimum Gasteiger partial charge on any atom is -0.508 e. The molecule has 0 aliphatic carbocycles. The lowest BCUT2D eigenvalue weighted by Crippen LogP contribution is -2.51. The summed E-state index contributed by atoms with van der Waals surface area (Å²) < 4.78 is 63.7. The molecule has 2 aromatic carbocycles. The van der Waals surface area contributed by atoms with E-state index in [1.54, 1.807) is 138 Å². The summed E-state index contributed by atoms with van der Waals surface area (Å²) in [7, 11) is -5.36. The number of esters is 3. The number of phenols is 1. The topological polar surface area (TPSA) is 171 Å². The van der Waals surface area contributed by atoms with Gasteiger partial charge in [-0.15, -0.1) is 0 Å². The summed E-state index contributed by atoms with van der Waals surface area (Å²) in [6.45, 7) is 27.1. The Morgan fingerprint density at radius 2 is 1.00 bits per heavy atom. The molecule has 0 aliphatic heterocycles. The summed E-state index contributed by atoms with van der Waals surface area (Å²) in [6, 6.07) is 9.38. The largest absolute Gasteiger partial charge is 0.508 e. The molecule has 0 fully saturated rings. The van der Waals surface area contributed by atoms with Gasteiger partial charge < -0.3 is 33.1 Å². The molecule has 0 aliphatic rings. The maximum Gasteiger partial charge on any atom is 0.324 e. The number of carbonyl (C=O) groups excluding carboxylic acids is 3. The van der Waals surface area contributed by atoms with Crippen molar-refractivity contribution < 1.29 is 56.6 Å². The van der Waals surface area contributed by atoms with Crippen LogP contribution in [0.5, 0.6) is 17.2 Å². The highest BCUT2D eigenvalue weighted by molar-refractivity contribution is 14.1. The minimum absolute atomic E-state index is 0.0537. The van der Waals surface area contributed by atoms with E-state index in [1.165, 1.54) is 0 Å². The Morgan fingerprint density at radius 3 is 1.36 bits per heavy atom. The molecule has 0 amide bonds. The number of ether oxygens (including phenoxy) is 4. The van der Waals surface area contributed by atoms with Crippen LogP contribution >= 0.6 is 61.2 Å². The average molecular weight is 1160 g/mol. The van der Waals surface area contributed by atoms with E-state index in [4.69, 9.17) is 28.0 Å². The van der Waals surface area contributed by atoms with Crippen molar-refractivity contribution in [3.8, 4) is 17.2 Å². The predicted molar refractivity (Wildman–Crippen MR) is 269 cm³/mol. The van der Waals surface area contributed by atoms with Gasteiger partial charge in [-0.25, -0.2) is 0 Å². The fourth-order valence-electron chi connectivity index (χ4n) is 6.03. The van der Waals surface area contributed by atoms with Crippen LogP contribution in [0.3, 0.4) is 0 Å². The molecule has 0 radical (unpaired) electrons. The Hall–Kier alpha value is -1.83. The maximum atomic E-state index is 14.5. The highest BCUT2D eigenvalue weighted by Crippen LogP contribution is 2.35. The lowest BCUT2D eigenvalue weighted by atomic mass is 10.0. The second-order valence-corrected chi connectivity index (χ2v) is 25.4. The van der Waals surface area contributed by atoms with E-state index < -0.39 is 68.0 Å². The maximum absolute atomic E-state index is 14.5. The molecule has 64 heavy (non-hydrogen) atoms. The van der Waals surface area contributed by atoms with Crippen molar-refractivity contribution >= 4 is 79.1 Å². The van der Waals surface area contributed by atoms with Crippen LogP contribution in [0.1, 0.15) is 109 Å². The zero-order chi connectivity index (χ0) is 49.0. The number of phenolic OH excluding ortho intramolecular Hbond substituents is 1. The lowest BCUT2D eigenvalue weighted by molar-refractivity contribution is -0.162. The van der Waals surface area contributed by atoms with Crippen LogP contribution in [-0.4, -0.2) is 124 Å². The molecule has 15 nitrogen and oxygen atoms in total. The number of nitrogens with zero attached hydrogens (tertiary/aromatic N) is 3. The van der Waals surface area contributed by atoms with Gasteiger partial charge in [0.05, 0.1) is 44.0 Å². The third-order valence-electron chi connectivity index (χ3n) is 8.16. The SMILES string of the molecule is CC(C)(C)OC(=O)CN(CCN(CCN(CC(=O)OC(C)(C)C)C[PH](=O)OC(C)(C)C)[C@@H](Cc1cc(I)c(Oc2ccc(O)cc2)c(I)c1)C(=O)OC(C)(C)C)C[PH](=O)OC(C)(C)C.